The predicted octanol–water partition coefficient (Wildman–Crippen LogP) is 16.1. The summed E-state index contributed by atoms with van der Waals surface area (Å²) < 4.78 is 11.3. The van der Waals surface area contributed by atoms with Crippen LogP contribution in [0.25, 0.3) is 0 Å². The second-order valence-corrected chi connectivity index (χ2v) is 16.1. The van der Waals surface area contributed by atoms with E-state index in [4.69, 9.17) is 9.47 Å². The molecule has 0 aromatic rings. The number of rotatable bonds is 43. The third-order valence-corrected chi connectivity index (χ3v) is 10.8. The molecule has 52 heavy (non-hydrogen) atoms. The Labute approximate surface area is 326 Å². The van der Waals surface area contributed by atoms with Crippen LogP contribution >= 0.6 is 0 Å². The lowest BCUT2D eigenvalue weighted by atomic mass is 9.99. The molecule has 1 atom stereocenters. The van der Waals surface area contributed by atoms with Crippen LogP contribution in [0, 0.1) is 5.92 Å². The summed E-state index contributed by atoms with van der Waals surface area (Å²) >= 11 is 0. The van der Waals surface area contributed by atoms with Crippen molar-refractivity contribution in [2.75, 3.05) is 13.2 Å². The Morgan fingerprint density at radius 2 is 0.692 bits per heavy atom. The predicted molar refractivity (Wildman–Crippen MR) is 227 cm³/mol. The van der Waals surface area contributed by atoms with E-state index in [-0.39, 0.29) is 18.4 Å². The molecule has 0 aromatic carbocycles. The number of unbranched alkanes of at least 4 members (excludes halogenated alkanes) is 32. The Morgan fingerprint density at radius 1 is 0.385 bits per heavy atom. The molecule has 0 saturated carbocycles. The molecule has 0 saturated heterocycles. The maximum atomic E-state index is 13.1. The van der Waals surface area contributed by atoms with Gasteiger partial charge >= 0.3 is 11.9 Å². The SMILES string of the molecule is CCCCCCCCCCCCCCCC/C=C/CCC(CC(=O)OCCCCCCCCCCCC)C(=O)OCCCCCCCCCCCC. The van der Waals surface area contributed by atoms with E-state index >= 15 is 0 Å². The molecule has 0 aliphatic rings. The topological polar surface area (TPSA) is 52.6 Å². The number of carbonyl (C=O) groups is 2. The number of allylic oxidation sites excluding steroid dienone is 2. The first kappa shape index (κ1) is 50.7. The molecule has 0 bridgehead atoms. The Bertz CT molecular complexity index is 747. The molecule has 0 aliphatic heterocycles. The normalized spacial score (nSPS) is 12.1. The molecule has 0 aromatic heterocycles. The lowest BCUT2D eigenvalue weighted by Crippen LogP contribution is -2.23. The van der Waals surface area contributed by atoms with Gasteiger partial charge in [-0.05, 0) is 38.5 Å². The molecule has 0 amide bonds. The van der Waals surface area contributed by atoms with E-state index in [1.807, 2.05) is 0 Å². The highest BCUT2D eigenvalue weighted by molar-refractivity contribution is 5.80. The van der Waals surface area contributed by atoms with E-state index in [1.165, 1.54) is 193 Å². The van der Waals surface area contributed by atoms with E-state index in [0.29, 0.717) is 19.6 Å². The number of ether oxygens (including phenoxy) is 2. The van der Waals surface area contributed by atoms with Crippen molar-refractivity contribution in [2.45, 2.75) is 265 Å². The zero-order chi connectivity index (χ0) is 37.8. The van der Waals surface area contributed by atoms with Crippen molar-refractivity contribution >= 4 is 11.9 Å². The van der Waals surface area contributed by atoms with Crippen LogP contribution in [0.3, 0.4) is 0 Å². The number of hydrogen-bond acceptors (Lipinski definition) is 4. The minimum absolute atomic E-state index is 0.140. The van der Waals surface area contributed by atoms with Gasteiger partial charge < -0.3 is 9.47 Å². The molecule has 0 aliphatic carbocycles. The van der Waals surface area contributed by atoms with E-state index in [9.17, 15) is 9.59 Å². The summed E-state index contributed by atoms with van der Waals surface area (Å²) in [6, 6.07) is 0. The number of carbonyl (C=O) groups excluding carboxylic acids is 2. The molecule has 1 unspecified atom stereocenters. The molecular weight excluding hydrogens is 641 g/mol. The van der Waals surface area contributed by atoms with Crippen molar-refractivity contribution in [2.24, 2.45) is 5.92 Å². The summed E-state index contributed by atoms with van der Waals surface area (Å²) in [5, 5.41) is 0. The van der Waals surface area contributed by atoms with E-state index < -0.39 is 5.92 Å². The number of esters is 2. The summed E-state index contributed by atoms with van der Waals surface area (Å²) in [7, 11) is 0. The van der Waals surface area contributed by atoms with Crippen LogP contribution in [0.15, 0.2) is 12.2 Å². The molecule has 0 N–H and O–H groups in total. The largest absolute Gasteiger partial charge is 0.466 e. The highest BCUT2D eigenvalue weighted by atomic mass is 16.5. The first-order chi connectivity index (χ1) is 25.7. The van der Waals surface area contributed by atoms with E-state index in [2.05, 4.69) is 32.9 Å². The van der Waals surface area contributed by atoms with Crippen LogP contribution in [-0.4, -0.2) is 25.2 Å². The van der Waals surface area contributed by atoms with E-state index in [1.54, 1.807) is 0 Å². The lowest BCUT2D eigenvalue weighted by molar-refractivity contribution is -0.155. The fourth-order valence-corrected chi connectivity index (χ4v) is 7.21. The van der Waals surface area contributed by atoms with Gasteiger partial charge in [0.2, 0.25) is 0 Å². The van der Waals surface area contributed by atoms with Crippen LogP contribution in [-0.2, 0) is 19.1 Å². The fourth-order valence-electron chi connectivity index (χ4n) is 7.21. The van der Waals surface area contributed by atoms with Crippen molar-refractivity contribution in [3.05, 3.63) is 12.2 Å². The van der Waals surface area contributed by atoms with Crippen LogP contribution in [0.2, 0.25) is 0 Å². The van der Waals surface area contributed by atoms with Gasteiger partial charge in [0, 0.05) is 0 Å². The van der Waals surface area contributed by atoms with Crippen molar-refractivity contribution in [3.8, 4) is 0 Å². The van der Waals surface area contributed by atoms with Gasteiger partial charge in [0.25, 0.3) is 0 Å². The van der Waals surface area contributed by atoms with Crippen molar-refractivity contribution in [1.82, 2.24) is 0 Å². The smallest absolute Gasteiger partial charge is 0.309 e. The maximum Gasteiger partial charge on any atom is 0.309 e. The molecule has 4 nitrogen and oxygen atoms in total. The second-order valence-electron chi connectivity index (χ2n) is 16.1. The Hall–Kier alpha value is -1.32. The summed E-state index contributed by atoms with van der Waals surface area (Å²) in [6.45, 7) is 7.75. The Balaban J connectivity index is 4.23. The highest BCUT2D eigenvalue weighted by Crippen LogP contribution is 2.18. The zero-order valence-corrected chi connectivity index (χ0v) is 35.6. The Kier molecular flexibility index (Phi) is 43.0. The Morgan fingerprint density at radius 3 is 1.08 bits per heavy atom. The standard InChI is InChI=1S/C48H92O4/c1-4-7-10-13-16-19-22-23-24-25-26-27-28-29-30-33-36-39-42-46(48(50)52-44-41-38-35-32-21-18-15-12-9-6-3)45-47(49)51-43-40-37-34-31-20-17-14-11-8-5-2/h33,36,46H,4-32,34-35,37-45H2,1-3H3/b36-33+. The van der Waals surface area contributed by atoms with Gasteiger partial charge in [-0.25, -0.2) is 0 Å². The van der Waals surface area contributed by atoms with Gasteiger partial charge in [-0.2, -0.15) is 0 Å². The first-order valence-corrected chi connectivity index (χ1v) is 23.6. The molecule has 0 radical (unpaired) electrons. The summed E-state index contributed by atoms with van der Waals surface area (Å²) in [4.78, 5) is 25.8. The van der Waals surface area contributed by atoms with Crippen molar-refractivity contribution < 1.29 is 19.1 Å². The summed E-state index contributed by atoms with van der Waals surface area (Å²) in [6.07, 6.45) is 51.7. The van der Waals surface area contributed by atoms with Gasteiger partial charge in [0.1, 0.15) is 0 Å². The molecule has 4 heteroatoms. The molecule has 308 valence electrons. The quantitative estimate of drug-likeness (QED) is 0.0356. The average molecular weight is 733 g/mol. The van der Waals surface area contributed by atoms with Gasteiger partial charge in [-0.15, -0.1) is 0 Å². The molecule has 0 rings (SSSR count). The molecular formula is C48H92O4. The van der Waals surface area contributed by atoms with Crippen LogP contribution in [0.4, 0.5) is 0 Å². The van der Waals surface area contributed by atoms with Crippen molar-refractivity contribution in [3.63, 3.8) is 0 Å². The minimum atomic E-state index is -0.408. The van der Waals surface area contributed by atoms with Gasteiger partial charge in [-0.3, -0.25) is 9.59 Å². The third kappa shape index (κ3) is 39.9. The van der Waals surface area contributed by atoms with E-state index in [0.717, 1.165) is 38.5 Å². The van der Waals surface area contributed by atoms with Crippen LogP contribution in [0.1, 0.15) is 265 Å². The second kappa shape index (κ2) is 44.1. The maximum absolute atomic E-state index is 13.1. The fraction of sp³-hybridized carbons (Fsp3) is 0.917. The number of hydrogen-bond donors (Lipinski definition) is 0. The average Bonchev–Trinajstić information content (AvgIpc) is 3.14. The highest BCUT2D eigenvalue weighted by Gasteiger charge is 2.23. The lowest BCUT2D eigenvalue weighted by Gasteiger charge is -2.15. The summed E-state index contributed by atoms with van der Waals surface area (Å²) in [5.41, 5.74) is 0. The molecule has 0 fully saturated rings. The van der Waals surface area contributed by atoms with Crippen molar-refractivity contribution in [1.29, 1.82) is 0 Å². The van der Waals surface area contributed by atoms with Crippen LogP contribution < -0.4 is 0 Å². The first-order valence-electron chi connectivity index (χ1n) is 23.6. The van der Waals surface area contributed by atoms with Gasteiger partial charge in [-0.1, -0.05) is 232 Å². The van der Waals surface area contributed by atoms with Crippen LogP contribution in [0.5, 0.6) is 0 Å². The molecule has 0 spiro atoms. The zero-order valence-electron chi connectivity index (χ0n) is 35.6. The molecule has 0 heterocycles. The monoisotopic (exact) mass is 733 g/mol. The minimum Gasteiger partial charge on any atom is -0.466 e. The van der Waals surface area contributed by atoms with Gasteiger partial charge in [0.05, 0.1) is 25.6 Å². The summed E-state index contributed by atoms with van der Waals surface area (Å²) in [5.74, 6) is -0.871. The third-order valence-electron chi connectivity index (χ3n) is 10.8. The van der Waals surface area contributed by atoms with Gasteiger partial charge in [0.15, 0.2) is 0 Å².